The number of nitrogens with zero attached hydrogens (tertiary/aromatic N) is 7. The first kappa shape index (κ1) is 33.6. The molecule has 0 saturated carbocycles. The summed E-state index contributed by atoms with van der Waals surface area (Å²) < 4.78 is 0. The number of rotatable bonds is 0. The van der Waals surface area contributed by atoms with Crippen molar-refractivity contribution in [2.75, 3.05) is 0 Å². The SMILES string of the molecule is Cc1ccc(C)cc1.Cc1ccc(C)nc1.Cc1ccc(C)nn1.Cc1cnc(C)cn1.Cc1cnc(C)nc1. The number of hydrogen-bond donors (Lipinski definition) is 0. The number of hydrogen-bond acceptors (Lipinski definition) is 7. The Hall–Kier alpha value is -4.39. The van der Waals surface area contributed by atoms with Gasteiger partial charge in [0.1, 0.15) is 5.82 Å². The van der Waals surface area contributed by atoms with E-state index >= 15 is 0 Å². The van der Waals surface area contributed by atoms with Crippen molar-refractivity contribution in [1.29, 1.82) is 0 Å². The number of aryl methyl sites for hydroxylation is 10. The van der Waals surface area contributed by atoms with Crippen LogP contribution in [0.3, 0.4) is 0 Å². The van der Waals surface area contributed by atoms with E-state index in [0.717, 1.165) is 39.9 Å². The molecular weight excluding hydrogens is 494 g/mol. The van der Waals surface area contributed by atoms with Gasteiger partial charge in [-0.15, -0.1) is 0 Å². The van der Waals surface area contributed by atoms with Gasteiger partial charge in [0, 0.05) is 36.7 Å². The maximum Gasteiger partial charge on any atom is 0.125 e. The molecule has 4 heterocycles. The third-order valence-corrected chi connectivity index (χ3v) is 5.03. The normalized spacial score (nSPS) is 9.25. The van der Waals surface area contributed by atoms with Gasteiger partial charge in [0.25, 0.3) is 0 Å². The Morgan fingerprint density at radius 3 is 0.950 bits per heavy atom. The first-order valence-electron chi connectivity index (χ1n) is 13.1. The average Bonchev–Trinajstić information content (AvgIpc) is 2.94. The van der Waals surface area contributed by atoms with Crippen LogP contribution in [-0.2, 0) is 0 Å². The Morgan fingerprint density at radius 1 is 0.300 bits per heavy atom. The Kier molecular flexibility index (Phi) is 15.8. The molecule has 0 saturated heterocycles. The van der Waals surface area contributed by atoms with E-state index in [2.05, 4.69) is 79.3 Å². The maximum atomic E-state index is 4.08. The summed E-state index contributed by atoms with van der Waals surface area (Å²) in [7, 11) is 0. The van der Waals surface area contributed by atoms with Gasteiger partial charge in [-0.25, -0.2) is 9.97 Å². The van der Waals surface area contributed by atoms with E-state index in [-0.39, 0.29) is 0 Å². The van der Waals surface area contributed by atoms with E-state index < -0.39 is 0 Å². The Bertz CT molecular complexity index is 974. The molecule has 40 heavy (non-hydrogen) atoms. The van der Waals surface area contributed by atoms with E-state index in [1.807, 2.05) is 92.2 Å². The third kappa shape index (κ3) is 17.2. The maximum absolute atomic E-state index is 4.08. The number of pyridine rings is 1. The van der Waals surface area contributed by atoms with Gasteiger partial charge >= 0.3 is 0 Å². The quantitative estimate of drug-likeness (QED) is 0.205. The molecule has 4 aromatic heterocycles. The van der Waals surface area contributed by atoms with Crippen LogP contribution in [0, 0.1) is 69.2 Å². The second-order valence-electron chi connectivity index (χ2n) is 9.55. The summed E-state index contributed by atoms with van der Waals surface area (Å²) >= 11 is 0. The van der Waals surface area contributed by atoms with Gasteiger partial charge in [-0.3, -0.25) is 15.0 Å². The van der Waals surface area contributed by atoms with Crippen molar-refractivity contribution in [2.24, 2.45) is 0 Å². The van der Waals surface area contributed by atoms with Crippen LogP contribution in [0.15, 0.2) is 79.5 Å². The van der Waals surface area contributed by atoms with Gasteiger partial charge in [-0.05, 0) is 98.6 Å². The molecule has 7 heteroatoms. The average molecular weight is 538 g/mol. The zero-order valence-corrected chi connectivity index (χ0v) is 25.6. The van der Waals surface area contributed by atoms with Crippen molar-refractivity contribution in [3.8, 4) is 0 Å². The lowest BCUT2D eigenvalue weighted by Gasteiger charge is -1.90. The second-order valence-corrected chi connectivity index (χ2v) is 9.55. The minimum Gasteiger partial charge on any atom is -0.261 e. The summed E-state index contributed by atoms with van der Waals surface area (Å²) in [5, 5.41) is 7.66. The molecule has 0 fully saturated rings. The van der Waals surface area contributed by atoms with Crippen LogP contribution < -0.4 is 0 Å². The summed E-state index contributed by atoms with van der Waals surface area (Å²) in [6.07, 6.45) is 9.00. The van der Waals surface area contributed by atoms with Crippen LogP contribution in [0.1, 0.15) is 56.5 Å². The van der Waals surface area contributed by atoms with Crippen LogP contribution in [0.5, 0.6) is 0 Å². The van der Waals surface area contributed by atoms with Crippen LogP contribution in [-0.4, -0.2) is 35.1 Å². The minimum absolute atomic E-state index is 0.829. The van der Waals surface area contributed by atoms with Crippen molar-refractivity contribution >= 4 is 0 Å². The molecule has 0 atom stereocenters. The highest BCUT2D eigenvalue weighted by Crippen LogP contribution is 1.99. The minimum atomic E-state index is 0.829. The zero-order valence-electron chi connectivity index (χ0n) is 25.6. The third-order valence-electron chi connectivity index (χ3n) is 5.03. The topological polar surface area (TPSA) is 90.2 Å². The summed E-state index contributed by atoms with van der Waals surface area (Å²) in [5.41, 5.74) is 9.94. The largest absolute Gasteiger partial charge is 0.261 e. The van der Waals surface area contributed by atoms with E-state index in [4.69, 9.17) is 0 Å². The summed E-state index contributed by atoms with van der Waals surface area (Å²) in [4.78, 5) is 20.0. The Labute approximate surface area is 240 Å². The smallest absolute Gasteiger partial charge is 0.125 e. The first-order valence-corrected chi connectivity index (χ1v) is 13.1. The fourth-order valence-electron chi connectivity index (χ4n) is 2.56. The van der Waals surface area contributed by atoms with Crippen molar-refractivity contribution in [3.05, 3.63) is 136 Å². The highest BCUT2D eigenvalue weighted by Gasteiger charge is 1.85. The van der Waals surface area contributed by atoms with Gasteiger partial charge in [0.15, 0.2) is 0 Å². The molecule has 0 aliphatic rings. The molecule has 0 bridgehead atoms. The lowest BCUT2D eigenvalue weighted by Crippen LogP contribution is -1.86. The Balaban J connectivity index is 0.000000250. The van der Waals surface area contributed by atoms with Gasteiger partial charge < -0.3 is 0 Å². The van der Waals surface area contributed by atoms with Gasteiger partial charge in [0.2, 0.25) is 0 Å². The fraction of sp³-hybridized carbons (Fsp3) is 0.303. The summed E-state index contributed by atoms with van der Waals surface area (Å²) in [5.74, 6) is 0.829. The number of aromatic nitrogens is 7. The van der Waals surface area contributed by atoms with Crippen LogP contribution >= 0.6 is 0 Å². The molecule has 0 spiro atoms. The van der Waals surface area contributed by atoms with Crippen LogP contribution in [0.4, 0.5) is 0 Å². The van der Waals surface area contributed by atoms with Gasteiger partial charge in [-0.1, -0.05) is 41.5 Å². The van der Waals surface area contributed by atoms with Crippen molar-refractivity contribution in [1.82, 2.24) is 35.1 Å². The van der Waals surface area contributed by atoms with Crippen LogP contribution in [0.25, 0.3) is 0 Å². The zero-order chi connectivity index (χ0) is 29.9. The number of benzene rings is 1. The van der Waals surface area contributed by atoms with Crippen molar-refractivity contribution in [2.45, 2.75) is 69.2 Å². The van der Waals surface area contributed by atoms with Gasteiger partial charge in [-0.2, -0.15) is 10.2 Å². The molecule has 7 nitrogen and oxygen atoms in total. The second kappa shape index (κ2) is 18.8. The predicted octanol–water partition coefficient (Wildman–Crippen LogP) is 7.28. The molecule has 5 rings (SSSR count). The molecule has 0 aliphatic carbocycles. The molecular formula is C33H43N7. The highest BCUT2D eigenvalue weighted by molar-refractivity contribution is 5.19. The Morgan fingerprint density at radius 2 is 0.650 bits per heavy atom. The lowest BCUT2D eigenvalue weighted by molar-refractivity contribution is 0.941. The van der Waals surface area contributed by atoms with E-state index in [9.17, 15) is 0 Å². The van der Waals surface area contributed by atoms with E-state index in [1.165, 1.54) is 16.7 Å². The van der Waals surface area contributed by atoms with E-state index in [0.29, 0.717) is 0 Å². The molecule has 0 aliphatic heterocycles. The monoisotopic (exact) mass is 537 g/mol. The van der Waals surface area contributed by atoms with Gasteiger partial charge in [0.05, 0.1) is 22.8 Å². The molecule has 0 unspecified atom stereocenters. The van der Waals surface area contributed by atoms with E-state index in [1.54, 1.807) is 12.4 Å². The van der Waals surface area contributed by atoms with Crippen molar-refractivity contribution in [3.63, 3.8) is 0 Å². The molecule has 1 aromatic carbocycles. The summed E-state index contributed by atoms with van der Waals surface area (Å²) in [6, 6.07) is 16.4. The molecule has 0 radical (unpaired) electrons. The van der Waals surface area contributed by atoms with Crippen LogP contribution in [0.2, 0.25) is 0 Å². The molecule has 210 valence electrons. The fourth-order valence-corrected chi connectivity index (χ4v) is 2.56. The highest BCUT2D eigenvalue weighted by atomic mass is 15.1. The summed E-state index contributed by atoms with van der Waals surface area (Å²) in [6.45, 7) is 19.8. The molecule has 0 N–H and O–H groups in total. The molecule has 0 amide bonds. The standard InChI is InChI=1S/C8H10.C7H9N.3C6H8N2/c1-7-3-5-8(2)6-4-7;1-6-3-4-7(2)8-5-6;1-5-3-8-6(2)4-7-5;1-5-3-7-6(2)8-4-5;1-5-3-4-6(2)8-7-5/h3-6H,1-2H3;3-5H,1-2H3;3*3-4H,1-2H3. The predicted molar refractivity (Wildman–Crippen MR) is 164 cm³/mol. The first-order chi connectivity index (χ1) is 18.9. The van der Waals surface area contributed by atoms with Crippen molar-refractivity contribution < 1.29 is 0 Å². The molecule has 5 aromatic rings. The lowest BCUT2D eigenvalue weighted by atomic mass is 10.2.